The van der Waals surface area contributed by atoms with E-state index in [1.54, 1.807) is 20.3 Å². The summed E-state index contributed by atoms with van der Waals surface area (Å²) < 4.78 is 10.4. The summed E-state index contributed by atoms with van der Waals surface area (Å²) in [6, 6.07) is 1.94. The van der Waals surface area contributed by atoms with E-state index >= 15 is 0 Å². The van der Waals surface area contributed by atoms with Crippen molar-refractivity contribution in [2.75, 3.05) is 32.2 Å². The van der Waals surface area contributed by atoms with Crippen LogP contribution in [0.3, 0.4) is 0 Å². The Morgan fingerprint density at radius 1 is 1.32 bits per heavy atom. The van der Waals surface area contributed by atoms with Crippen LogP contribution in [0.2, 0.25) is 0 Å². The summed E-state index contributed by atoms with van der Waals surface area (Å²) in [6.45, 7) is 3.74. The second kappa shape index (κ2) is 6.06. The van der Waals surface area contributed by atoms with Crippen molar-refractivity contribution < 1.29 is 9.47 Å². The van der Waals surface area contributed by atoms with Crippen molar-refractivity contribution in [3.8, 4) is 11.8 Å². The first kappa shape index (κ1) is 13.9. The number of ether oxygens (including phenoxy) is 2. The van der Waals surface area contributed by atoms with Crippen LogP contribution in [-0.2, 0) is 0 Å². The SMILES string of the molecule is COc1cc(OC)nc(N2CCCC(C)C2CN)n1. The number of hydrogen-bond acceptors (Lipinski definition) is 6. The summed E-state index contributed by atoms with van der Waals surface area (Å²) in [6.07, 6.45) is 2.32. The zero-order valence-corrected chi connectivity index (χ0v) is 11.8. The molecule has 1 aromatic heterocycles. The van der Waals surface area contributed by atoms with E-state index in [0.717, 1.165) is 13.0 Å². The Labute approximate surface area is 113 Å². The van der Waals surface area contributed by atoms with E-state index in [1.807, 2.05) is 0 Å². The molecule has 0 radical (unpaired) electrons. The van der Waals surface area contributed by atoms with Crippen LogP contribution in [0.5, 0.6) is 11.8 Å². The van der Waals surface area contributed by atoms with E-state index in [4.69, 9.17) is 15.2 Å². The highest BCUT2D eigenvalue weighted by molar-refractivity contribution is 5.38. The third-order valence-corrected chi connectivity index (χ3v) is 3.70. The number of hydrogen-bond donors (Lipinski definition) is 1. The molecule has 1 aromatic rings. The van der Waals surface area contributed by atoms with E-state index in [1.165, 1.54) is 6.42 Å². The summed E-state index contributed by atoms with van der Waals surface area (Å²) in [7, 11) is 3.18. The molecule has 0 bridgehead atoms. The Balaban J connectivity index is 2.33. The van der Waals surface area contributed by atoms with Gasteiger partial charge in [0.2, 0.25) is 17.7 Å². The molecule has 0 aromatic carbocycles. The first-order chi connectivity index (χ1) is 9.19. The van der Waals surface area contributed by atoms with Crippen LogP contribution in [0.4, 0.5) is 5.95 Å². The van der Waals surface area contributed by atoms with E-state index < -0.39 is 0 Å². The molecule has 6 heteroatoms. The average Bonchev–Trinajstić information content (AvgIpc) is 2.46. The largest absolute Gasteiger partial charge is 0.481 e. The normalized spacial score (nSPS) is 23.3. The van der Waals surface area contributed by atoms with Gasteiger partial charge in [-0.2, -0.15) is 9.97 Å². The van der Waals surface area contributed by atoms with Gasteiger partial charge < -0.3 is 20.1 Å². The highest BCUT2D eigenvalue weighted by Crippen LogP contribution is 2.28. The van der Waals surface area contributed by atoms with Crippen LogP contribution in [0, 0.1) is 5.92 Å². The maximum atomic E-state index is 5.90. The Bertz CT molecular complexity index is 405. The first-order valence-corrected chi connectivity index (χ1v) is 6.63. The van der Waals surface area contributed by atoms with Gasteiger partial charge in [-0.25, -0.2) is 0 Å². The molecule has 1 fully saturated rings. The van der Waals surface area contributed by atoms with E-state index in [9.17, 15) is 0 Å². The number of aromatic nitrogens is 2. The van der Waals surface area contributed by atoms with Gasteiger partial charge in [-0.05, 0) is 18.8 Å². The minimum atomic E-state index is 0.269. The van der Waals surface area contributed by atoms with E-state index in [0.29, 0.717) is 30.2 Å². The van der Waals surface area contributed by atoms with Crippen LogP contribution in [0.1, 0.15) is 19.8 Å². The maximum Gasteiger partial charge on any atom is 0.232 e. The molecule has 2 heterocycles. The van der Waals surface area contributed by atoms with Crippen LogP contribution in [-0.4, -0.2) is 43.3 Å². The molecule has 1 aliphatic rings. The molecule has 0 amide bonds. The fourth-order valence-electron chi connectivity index (χ4n) is 2.59. The van der Waals surface area contributed by atoms with Gasteiger partial charge in [-0.1, -0.05) is 6.92 Å². The van der Waals surface area contributed by atoms with Crippen LogP contribution < -0.4 is 20.1 Å². The van der Waals surface area contributed by atoms with Crippen molar-refractivity contribution in [3.05, 3.63) is 6.07 Å². The lowest BCUT2D eigenvalue weighted by molar-refractivity contribution is 0.337. The van der Waals surface area contributed by atoms with Crippen molar-refractivity contribution in [2.24, 2.45) is 11.7 Å². The molecule has 2 rings (SSSR count). The van der Waals surface area contributed by atoms with Crippen LogP contribution >= 0.6 is 0 Å². The van der Waals surface area contributed by atoms with E-state index in [2.05, 4.69) is 21.8 Å². The lowest BCUT2D eigenvalue weighted by Crippen LogP contribution is -2.49. The second-order valence-corrected chi connectivity index (χ2v) is 4.87. The van der Waals surface area contributed by atoms with Crippen molar-refractivity contribution in [1.82, 2.24) is 9.97 Å². The molecule has 2 atom stereocenters. The quantitative estimate of drug-likeness (QED) is 0.878. The molecule has 1 saturated heterocycles. The minimum Gasteiger partial charge on any atom is -0.481 e. The topological polar surface area (TPSA) is 73.5 Å². The summed E-state index contributed by atoms with van der Waals surface area (Å²) in [5.41, 5.74) is 5.90. The highest BCUT2D eigenvalue weighted by atomic mass is 16.5. The summed E-state index contributed by atoms with van der Waals surface area (Å²) in [4.78, 5) is 11.0. The Morgan fingerprint density at radius 2 is 1.95 bits per heavy atom. The predicted octanol–water partition coefficient (Wildman–Crippen LogP) is 1.06. The number of methoxy groups -OCH3 is 2. The Hall–Kier alpha value is -1.56. The smallest absolute Gasteiger partial charge is 0.232 e. The van der Waals surface area contributed by atoms with Crippen molar-refractivity contribution >= 4 is 5.95 Å². The summed E-state index contributed by atoms with van der Waals surface area (Å²) in [5, 5.41) is 0. The molecule has 0 aliphatic carbocycles. The van der Waals surface area contributed by atoms with Gasteiger partial charge in [-0.15, -0.1) is 0 Å². The fraction of sp³-hybridized carbons (Fsp3) is 0.692. The van der Waals surface area contributed by atoms with Crippen LogP contribution in [0.15, 0.2) is 6.07 Å². The van der Waals surface area contributed by atoms with E-state index in [-0.39, 0.29) is 6.04 Å². The van der Waals surface area contributed by atoms with Gasteiger partial charge in [-0.3, -0.25) is 0 Å². The number of anilines is 1. The van der Waals surface area contributed by atoms with Crippen LogP contribution in [0.25, 0.3) is 0 Å². The molecular weight excluding hydrogens is 244 g/mol. The molecule has 106 valence electrons. The summed E-state index contributed by atoms with van der Waals surface area (Å²) in [5.74, 6) is 2.20. The monoisotopic (exact) mass is 266 g/mol. The average molecular weight is 266 g/mol. The number of rotatable bonds is 4. The zero-order chi connectivity index (χ0) is 13.8. The zero-order valence-electron chi connectivity index (χ0n) is 11.8. The Morgan fingerprint density at radius 3 is 2.47 bits per heavy atom. The van der Waals surface area contributed by atoms with Crippen molar-refractivity contribution in [3.63, 3.8) is 0 Å². The molecule has 19 heavy (non-hydrogen) atoms. The molecule has 2 N–H and O–H groups in total. The minimum absolute atomic E-state index is 0.269. The second-order valence-electron chi connectivity index (χ2n) is 4.87. The van der Waals surface area contributed by atoms with Gasteiger partial charge in [0, 0.05) is 19.1 Å². The highest BCUT2D eigenvalue weighted by Gasteiger charge is 2.29. The lowest BCUT2D eigenvalue weighted by Gasteiger charge is -2.39. The van der Waals surface area contributed by atoms with Gasteiger partial charge in [0.05, 0.1) is 20.3 Å². The maximum absolute atomic E-state index is 5.90. The van der Waals surface area contributed by atoms with Gasteiger partial charge in [0.15, 0.2) is 0 Å². The van der Waals surface area contributed by atoms with Crippen molar-refractivity contribution in [2.45, 2.75) is 25.8 Å². The first-order valence-electron chi connectivity index (χ1n) is 6.63. The molecule has 6 nitrogen and oxygen atoms in total. The molecular formula is C13H22N4O2. The third kappa shape index (κ3) is 2.89. The van der Waals surface area contributed by atoms with Gasteiger partial charge in [0.25, 0.3) is 0 Å². The third-order valence-electron chi connectivity index (χ3n) is 3.70. The predicted molar refractivity (Wildman–Crippen MR) is 73.7 cm³/mol. The molecule has 0 saturated carbocycles. The molecule has 1 aliphatic heterocycles. The number of nitrogens with two attached hydrogens (primary N) is 1. The Kier molecular flexibility index (Phi) is 4.42. The van der Waals surface area contributed by atoms with Gasteiger partial charge in [0.1, 0.15) is 0 Å². The molecule has 0 spiro atoms. The number of nitrogens with zero attached hydrogens (tertiary/aromatic N) is 3. The summed E-state index contributed by atoms with van der Waals surface area (Å²) >= 11 is 0. The lowest BCUT2D eigenvalue weighted by atomic mass is 9.91. The number of piperidine rings is 1. The van der Waals surface area contributed by atoms with Crippen molar-refractivity contribution in [1.29, 1.82) is 0 Å². The van der Waals surface area contributed by atoms with Gasteiger partial charge >= 0.3 is 0 Å². The standard InChI is InChI=1S/C13H22N4O2/c1-9-5-4-6-17(10(9)8-14)13-15-11(18-2)7-12(16-13)19-3/h7,9-10H,4-6,8,14H2,1-3H3. The molecule has 2 unspecified atom stereocenters. The fourth-order valence-corrected chi connectivity index (χ4v) is 2.59.